The van der Waals surface area contributed by atoms with E-state index in [2.05, 4.69) is 5.32 Å². The van der Waals surface area contributed by atoms with E-state index in [1.54, 1.807) is 0 Å². The zero-order chi connectivity index (χ0) is 14.3. The number of nitrogens with zero attached hydrogens (tertiary/aromatic N) is 2. The first-order valence-corrected chi connectivity index (χ1v) is 5.02. The Bertz CT molecular complexity index is 565. The Hall–Kier alpha value is -3.03. The van der Waals surface area contributed by atoms with Crippen molar-refractivity contribution in [3.8, 4) is 0 Å². The van der Waals surface area contributed by atoms with E-state index in [0.717, 1.165) is 12.1 Å². The summed E-state index contributed by atoms with van der Waals surface area (Å²) in [5.74, 6) is 0. The molecule has 1 aromatic carbocycles. The monoisotopic (exact) mass is 263 g/mol. The maximum absolute atomic E-state index is 10.8. The highest BCUT2D eigenvalue weighted by atomic mass is 16.6. The number of benzene rings is 1. The Morgan fingerprint density at radius 1 is 1.05 bits per heavy atom. The standard InChI is InChI=1S/C11H9N3O5/c15-7-3-1-2-6-12-10-5-4-9(13(16)17)8-11(10)14(18)19/h1-8,12H/b3-1+,6-2+. The minimum atomic E-state index is -0.718. The topological polar surface area (TPSA) is 115 Å². The van der Waals surface area contributed by atoms with Gasteiger partial charge in [0.2, 0.25) is 0 Å². The predicted molar refractivity (Wildman–Crippen MR) is 67.7 cm³/mol. The molecule has 8 nitrogen and oxygen atoms in total. The van der Waals surface area contributed by atoms with Crippen LogP contribution in [0.25, 0.3) is 0 Å². The smallest absolute Gasteiger partial charge is 0.299 e. The first-order valence-electron chi connectivity index (χ1n) is 5.02. The number of hydrogen-bond acceptors (Lipinski definition) is 6. The largest absolute Gasteiger partial charge is 0.356 e. The fraction of sp³-hybridized carbons (Fsp3) is 0. The van der Waals surface area contributed by atoms with Gasteiger partial charge in [0.1, 0.15) is 12.0 Å². The Morgan fingerprint density at radius 3 is 2.37 bits per heavy atom. The van der Waals surface area contributed by atoms with E-state index in [0.29, 0.717) is 6.29 Å². The molecule has 0 aliphatic rings. The molecule has 0 fully saturated rings. The molecule has 0 radical (unpaired) electrons. The van der Waals surface area contributed by atoms with E-state index in [9.17, 15) is 25.0 Å². The number of carbonyl (C=O) groups is 1. The Morgan fingerprint density at radius 2 is 1.79 bits per heavy atom. The highest BCUT2D eigenvalue weighted by Gasteiger charge is 2.18. The fourth-order valence-electron chi connectivity index (χ4n) is 1.21. The van der Waals surface area contributed by atoms with E-state index < -0.39 is 15.5 Å². The van der Waals surface area contributed by atoms with Gasteiger partial charge >= 0.3 is 0 Å². The second-order valence-electron chi connectivity index (χ2n) is 3.24. The van der Waals surface area contributed by atoms with Crippen LogP contribution < -0.4 is 5.32 Å². The van der Waals surface area contributed by atoms with Crippen molar-refractivity contribution in [2.24, 2.45) is 0 Å². The van der Waals surface area contributed by atoms with Crippen LogP contribution in [0.1, 0.15) is 0 Å². The van der Waals surface area contributed by atoms with E-state index in [-0.39, 0.29) is 11.4 Å². The number of non-ortho nitro benzene ring substituents is 1. The molecular formula is C11H9N3O5. The Kier molecular flexibility index (Phi) is 4.91. The number of anilines is 1. The Balaban J connectivity index is 2.97. The Labute approximate surface area is 107 Å². The van der Waals surface area contributed by atoms with Crippen LogP contribution in [0.2, 0.25) is 0 Å². The average molecular weight is 263 g/mol. The minimum absolute atomic E-state index is 0.117. The van der Waals surface area contributed by atoms with Gasteiger partial charge in [0, 0.05) is 12.3 Å². The highest BCUT2D eigenvalue weighted by molar-refractivity contribution is 5.67. The van der Waals surface area contributed by atoms with Crippen LogP contribution in [0.5, 0.6) is 0 Å². The zero-order valence-corrected chi connectivity index (χ0v) is 9.55. The number of nitrogens with one attached hydrogen (secondary N) is 1. The van der Waals surface area contributed by atoms with E-state index in [1.165, 1.54) is 30.5 Å². The molecule has 0 aliphatic carbocycles. The van der Waals surface area contributed by atoms with E-state index in [1.807, 2.05) is 0 Å². The third-order valence-electron chi connectivity index (χ3n) is 2.02. The lowest BCUT2D eigenvalue weighted by Crippen LogP contribution is -1.97. The molecule has 8 heteroatoms. The third-order valence-corrected chi connectivity index (χ3v) is 2.02. The number of nitro benzene ring substituents is 2. The molecule has 0 aliphatic heterocycles. The average Bonchev–Trinajstić information content (AvgIpc) is 2.38. The molecule has 1 N–H and O–H groups in total. The van der Waals surface area contributed by atoms with Crippen molar-refractivity contribution in [2.45, 2.75) is 0 Å². The molecule has 0 atom stereocenters. The highest BCUT2D eigenvalue weighted by Crippen LogP contribution is 2.28. The maximum Gasteiger partial charge on any atom is 0.299 e. The van der Waals surface area contributed by atoms with Gasteiger partial charge in [-0.25, -0.2) is 0 Å². The van der Waals surface area contributed by atoms with Crippen LogP contribution in [0, 0.1) is 20.2 Å². The first-order chi connectivity index (χ1) is 9.06. The van der Waals surface area contributed by atoms with Gasteiger partial charge in [-0.05, 0) is 18.2 Å². The van der Waals surface area contributed by atoms with Crippen molar-refractivity contribution >= 4 is 23.3 Å². The maximum atomic E-state index is 10.8. The summed E-state index contributed by atoms with van der Waals surface area (Å²) in [4.78, 5) is 29.9. The molecule has 0 spiro atoms. The van der Waals surface area contributed by atoms with Crippen molar-refractivity contribution in [2.75, 3.05) is 5.32 Å². The molecule has 98 valence electrons. The lowest BCUT2D eigenvalue weighted by molar-refractivity contribution is -0.393. The molecule has 0 unspecified atom stereocenters. The first kappa shape index (κ1) is 14.0. The van der Waals surface area contributed by atoms with Gasteiger partial charge in [0.05, 0.1) is 15.9 Å². The van der Waals surface area contributed by atoms with Crippen molar-refractivity contribution in [1.29, 1.82) is 0 Å². The normalized spacial score (nSPS) is 10.7. The molecule has 0 bridgehead atoms. The summed E-state index contributed by atoms with van der Waals surface area (Å²) in [6.45, 7) is 0. The predicted octanol–water partition coefficient (Wildman–Crippen LogP) is 2.18. The quantitative estimate of drug-likeness (QED) is 0.276. The summed E-state index contributed by atoms with van der Waals surface area (Å²) in [6.07, 6.45) is 6.08. The van der Waals surface area contributed by atoms with Crippen molar-refractivity contribution in [3.05, 3.63) is 62.9 Å². The van der Waals surface area contributed by atoms with Crippen LogP contribution in [0.4, 0.5) is 17.1 Å². The van der Waals surface area contributed by atoms with E-state index in [4.69, 9.17) is 0 Å². The summed E-state index contributed by atoms with van der Waals surface area (Å²) >= 11 is 0. The second-order valence-corrected chi connectivity index (χ2v) is 3.24. The van der Waals surface area contributed by atoms with Gasteiger partial charge in [0.15, 0.2) is 0 Å². The van der Waals surface area contributed by atoms with Crippen LogP contribution in [0.15, 0.2) is 42.6 Å². The number of allylic oxidation sites excluding steroid dienone is 3. The van der Waals surface area contributed by atoms with Crippen LogP contribution in [-0.4, -0.2) is 16.1 Å². The van der Waals surface area contributed by atoms with Crippen molar-refractivity contribution in [1.82, 2.24) is 0 Å². The summed E-state index contributed by atoms with van der Waals surface area (Å²) in [5, 5.41) is 23.9. The molecule has 1 aromatic rings. The van der Waals surface area contributed by atoms with Crippen LogP contribution in [0.3, 0.4) is 0 Å². The van der Waals surface area contributed by atoms with Crippen molar-refractivity contribution in [3.63, 3.8) is 0 Å². The number of carbonyl (C=O) groups excluding carboxylic acids is 1. The summed E-state index contributed by atoms with van der Waals surface area (Å²) < 4.78 is 0. The minimum Gasteiger partial charge on any atom is -0.356 e. The number of rotatable bonds is 6. The lowest BCUT2D eigenvalue weighted by atomic mass is 10.2. The number of nitro groups is 2. The van der Waals surface area contributed by atoms with Crippen LogP contribution >= 0.6 is 0 Å². The van der Waals surface area contributed by atoms with E-state index >= 15 is 0 Å². The SMILES string of the molecule is O=C/C=C/C=C/Nc1ccc([N+](=O)[O-])cc1[N+](=O)[O-]. The molecule has 0 amide bonds. The summed E-state index contributed by atoms with van der Waals surface area (Å²) in [6, 6.07) is 3.27. The van der Waals surface area contributed by atoms with Gasteiger partial charge in [0.25, 0.3) is 11.4 Å². The van der Waals surface area contributed by atoms with Gasteiger partial charge < -0.3 is 5.32 Å². The van der Waals surface area contributed by atoms with Crippen LogP contribution in [-0.2, 0) is 4.79 Å². The second kappa shape index (κ2) is 6.64. The zero-order valence-electron chi connectivity index (χ0n) is 9.55. The van der Waals surface area contributed by atoms with Crippen molar-refractivity contribution < 1.29 is 14.6 Å². The number of hydrogen-bond donors (Lipinski definition) is 1. The molecule has 1 rings (SSSR count). The third kappa shape index (κ3) is 4.04. The summed E-state index contributed by atoms with van der Waals surface area (Å²) in [7, 11) is 0. The lowest BCUT2D eigenvalue weighted by Gasteiger charge is -2.01. The molecule has 0 heterocycles. The molecule has 0 saturated heterocycles. The van der Waals surface area contributed by atoms with Gasteiger partial charge in [-0.15, -0.1) is 0 Å². The van der Waals surface area contributed by atoms with Gasteiger partial charge in [-0.1, -0.05) is 6.08 Å². The molecule has 0 saturated carbocycles. The molecular weight excluding hydrogens is 254 g/mol. The molecule has 19 heavy (non-hydrogen) atoms. The summed E-state index contributed by atoms with van der Waals surface area (Å²) in [5.41, 5.74) is -0.647. The van der Waals surface area contributed by atoms with Gasteiger partial charge in [-0.2, -0.15) is 0 Å². The van der Waals surface area contributed by atoms with Gasteiger partial charge in [-0.3, -0.25) is 25.0 Å². The number of aldehydes is 1. The fourth-order valence-corrected chi connectivity index (χ4v) is 1.21. The molecule has 0 aromatic heterocycles.